The van der Waals surface area contributed by atoms with Crippen LogP contribution in [-0.2, 0) is 0 Å². The number of nitrogens with one attached hydrogen (secondary N) is 1. The summed E-state index contributed by atoms with van der Waals surface area (Å²) in [6, 6.07) is 6.11. The lowest BCUT2D eigenvalue weighted by Gasteiger charge is -2.15. The van der Waals surface area contributed by atoms with Gasteiger partial charge in [0.2, 0.25) is 0 Å². The fourth-order valence-electron chi connectivity index (χ4n) is 3.08. The second-order valence-corrected chi connectivity index (χ2v) is 6.38. The van der Waals surface area contributed by atoms with E-state index >= 15 is 0 Å². The smallest absolute Gasteiger partial charge is 0.122 e. The molecule has 2 N–H and O–H groups in total. The van der Waals surface area contributed by atoms with Gasteiger partial charge in [0.25, 0.3) is 0 Å². The van der Waals surface area contributed by atoms with Crippen LogP contribution < -0.4 is 10.1 Å². The molecule has 0 saturated heterocycles. The average molecular weight is 291 g/mol. The van der Waals surface area contributed by atoms with Gasteiger partial charge >= 0.3 is 0 Å². The summed E-state index contributed by atoms with van der Waals surface area (Å²) >= 11 is 0. The molecule has 1 aromatic rings. The van der Waals surface area contributed by atoms with Crippen LogP contribution in [0, 0.1) is 19.8 Å². The lowest BCUT2D eigenvalue weighted by Crippen LogP contribution is -2.32. The Hall–Kier alpha value is -1.06. The molecule has 3 heteroatoms. The van der Waals surface area contributed by atoms with Crippen molar-refractivity contribution in [3.05, 3.63) is 29.3 Å². The van der Waals surface area contributed by atoms with Crippen LogP contribution in [0.15, 0.2) is 18.2 Å². The monoisotopic (exact) mass is 291 g/mol. The van der Waals surface area contributed by atoms with Crippen molar-refractivity contribution in [2.24, 2.45) is 5.92 Å². The molecule has 1 aromatic carbocycles. The Morgan fingerprint density at radius 2 is 2.05 bits per heavy atom. The Morgan fingerprint density at radius 1 is 1.29 bits per heavy atom. The van der Waals surface area contributed by atoms with Crippen LogP contribution in [0.5, 0.6) is 5.75 Å². The van der Waals surface area contributed by atoms with Gasteiger partial charge < -0.3 is 15.2 Å². The first-order valence-corrected chi connectivity index (χ1v) is 8.24. The number of benzene rings is 1. The molecule has 0 heterocycles. The van der Waals surface area contributed by atoms with Crippen molar-refractivity contribution in [1.82, 2.24) is 5.32 Å². The number of hydrogen-bond acceptors (Lipinski definition) is 3. The predicted molar refractivity (Wildman–Crippen MR) is 86.9 cm³/mol. The standard InChI is InChI=1S/C18H29NO2/c1-14-7-8-18(15(2)11-14)21-13-17(20)12-19-10-9-16-5-3-4-6-16/h7-8,11,16-17,19-20H,3-6,9-10,12-13H2,1-2H3. The summed E-state index contributed by atoms with van der Waals surface area (Å²) in [4.78, 5) is 0. The van der Waals surface area contributed by atoms with Crippen molar-refractivity contribution < 1.29 is 9.84 Å². The summed E-state index contributed by atoms with van der Waals surface area (Å²) in [6.07, 6.45) is 6.37. The topological polar surface area (TPSA) is 41.5 Å². The van der Waals surface area contributed by atoms with Crippen molar-refractivity contribution >= 4 is 0 Å². The normalized spacial score (nSPS) is 17.1. The van der Waals surface area contributed by atoms with E-state index in [0.29, 0.717) is 13.2 Å². The molecular formula is C18H29NO2. The van der Waals surface area contributed by atoms with Crippen molar-refractivity contribution in [3.8, 4) is 5.75 Å². The Bertz CT molecular complexity index is 427. The van der Waals surface area contributed by atoms with Crippen LogP contribution in [0.4, 0.5) is 0 Å². The number of aliphatic hydroxyl groups is 1. The lowest BCUT2D eigenvalue weighted by atomic mass is 10.0. The van der Waals surface area contributed by atoms with Gasteiger partial charge in [-0.05, 0) is 44.4 Å². The molecule has 118 valence electrons. The maximum absolute atomic E-state index is 9.96. The summed E-state index contributed by atoms with van der Waals surface area (Å²) in [5.74, 6) is 1.77. The van der Waals surface area contributed by atoms with E-state index in [0.717, 1.165) is 23.8 Å². The van der Waals surface area contributed by atoms with Crippen LogP contribution in [0.25, 0.3) is 0 Å². The summed E-state index contributed by atoms with van der Waals surface area (Å²) in [6.45, 7) is 6.07. The molecule has 0 bridgehead atoms. The van der Waals surface area contributed by atoms with Gasteiger partial charge in [-0.1, -0.05) is 43.4 Å². The van der Waals surface area contributed by atoms with Gasteiger partial charge in [-0.25, -0.2) is 0 Å². The molecular weight excluding hydrogens is 262 g/mol. The maximum Gasteiger partial charge on any atom is 0.122 e. The number of ether oxygens (including phenoxy) is 1. The third-order valence-corrected chi connectivity index (χ3v) is 4.35. The molecule has 0 aromatic heterocycles. The van der Waals surface area contributed by atoms with E-state index in [4.69, 9.17) is 4.74 Å². The molecule has 1 atom stereocenters. The lowest BCUT2D eigenvalue weighted by molar-refractivity contribution is 0.106. The predicted octanol–water partition coefficient (Wildman–Crippen LogP) is 3.21. The Kier molecular flexibility index (Phi) is 6.52. The molecule has 1 fully saturated rings. The number of aryl methyl sites for hydroxylation is 2. The van der Waals surface area contributed by atoms with Crippen molar-refractivity contribution in [3.63, 3.8) is 0 Å². The largest absolute Gasteiger partial charge is 0.491 e. The minimum atomic E-state index is -0.450. The third kappa shape index (κ3) is 5.68. The van der Waals surface area contributed by atoms with E-state index < -0.39 is 6.10 Å². The van der Waals surface area contributed by atoms with Crippen molar-refractivity contribution in [2.45, 2.75) is 52.1 Å². The molecule has 0 radical (unpaired) electrons. The van der Waals surface area contributed by atoms with Crippen molar-refractivity contribution in [1.29, 1.82) is 0 Å². The van der Waals surface area contributed by atoms with E-state index in [2.05, 4.69) is 18.3 Å². The molecule has 1 aliphatic rings. The molecule has 0 amide bonds. The van der Waals surface area contributed by atoms with Gasteiger partial charge in [0.05, 0.1) is 0 Å². The molecule has 2 rings (SSSR count). The summed E-state index contributed by atoms with van der Waals surface area (Å²) in [5, 5.41) is 13.3. The number of aliphatic hydroxyl groups excluding tert-OH is 1. The minimum Gasteiger partial charge on any atom is -0.491 e. The average Bonchev–Trinajstić information content (AvgIpc) is 2.96. The number of hydrogen-bond donors (Lipinski definition) is 2. The Balaban J connectivity index is 1.59. The molecule has 1 saturated carbocycles. The zero-order chi connectivity index (χ0) is 15.1. The third-order valence-electron chi connectivity index (χ3n) is 4.35. The van der Waals surface area contributed by atoms with E-state index in [1.54, 1.807) is 0 Å². The van der Waals surface area contributed by atoms with E-state index in [-0.39, 0.29) is 0 Å². The molecule has 0 spiro atoms. The van der Waals surface area contributed by atoms with Gasteiger partial charge in [0, 0.05) is 6.54 Å². The SMILES string of the molecule is Cc1ccc(OCC(O)CNCCC2CCCC2)c(C)c1. The van der Waals surface area contributed by atoms with Crippen LogP contribution >= 0.6 is 0 Å². The first-order valence-electron chi connectivity index (χ1n) is 8.24. The fraction of sp³-hybridized carbons (Fsp3) is 0.667. The first-order chi connectivity index (χ1) is 10.1. The highest BCUT2D eigenvalue weighted by molar-refractivity contribution is 5.35. The van der Waals surface area contributed by atoms with Crippen LogP contribution in [0.2, 0.25) is 0 Å². The fourth-order valence-corrected chi connectivity index (χ4v) is 3.08. The van der Waals surface area contributed by atoms with Gasteiger partial charge in [-0.3, -0.25) is 0 Å². The molecule has 1 aliphatic carbocycles. The van der Waals surface area contributed by atoms with Gasteiger partial charge in [-0.2, -0.15) is 0 Å². The maximum atomic E-state index is 9.96. The summed E-state index contributed by atoms with van der Waals surface area (Å²) in [5.41, 5.74) is 2.35. The van der Waals surface area contributed by atoms with Crippen molar-refractivity contribution in [2.75, 3.05) is 19.7 Å². The number of rotatable bonds is 8. The Morgan fingerprint density at radius 3 is 2.76 bits per heavy atom. The van der Waals surface area contributed by atoms with E-state index in [9.17, 15) is 5.11 Å². The van der Waals surface area contributed by atoms with Crippen LogP contribution in [0.3, 0.4) is 0 Å². The van der Waals surface area contributed by atoms with Gasteiger partial charge in [0.15, 0.2) is 0 Å². The summed E-state index contributed by atoms with van der Waals surface area (Å²) < 4.78 is 5.69. The minimum absolute atomic E-state index is 0.348. The Labute approximate surface area is 128 Å². The molecule has 1 unspecified atom stereocenters. The molecule has 3 nitrogen and oxygen atoms in total. The second-order valence-electron chi connectivity index (χ2n) is 6.38. The zero-order valence-electron chi connectivity index (χ0n) is 13.4. The summed E-state index contributed by atoms with van der Waals surface area (Å²) in [7, 11) is 0. The zero-order valence-corrected chi connectivity index (χ0v) is 13.4. The van der Waals surface area contributed by atoms with Gasteiger partial charge in [-0.15, -0.1) is 0 Å². The quantitative estimate of drug-likeness (QED) is 0.723. The second kappa shape index (κ2) is 8.40. The molecule has 0 aliphatic heterocycles. The van der Waals surface area contributed by atoms with Crippen LogP contribution in [-0.4, -0.2) is 30.9 Å². The highest BCUT2D eigenvalue weighted by atomic mass is 16.5. The van der Waals surface area contributed by atoms with E-state index in [1.165, 1.54) is 37.7 Å². The molecule has 21 heavy (non-hydrogen) atoms. The van der Waals surface area contributed by atoms with E-state index in [1.807, 2.05) is 19.1 Å². The van der Waals surface area contributed by atoms with Crippen LogP contribution in [0.1, 0.15) is 43.2 Å². The first kappa shape index (κ1) is 16.3. The highest BCUT2D eigenvalue weighted by Gasteiger charge is 2.14. The van der Waals surface area contributed by atoms with Gasteiger partial charge in [0.1, 0.15) is 18.5 Å². The highest BCUT2D eigenvalue weighted by Crippen LogP contribution is 2.26.